The van der Waals surface area contributed by atoms with Crippen LogP contribution in [0.15, 0.2) is 48.5 Å². The van der Waals surface area contributed by atoms with Gasteiger partial charge >= 0.3 is 0 Å². The van der Waals surface area contributed by atoms with Gasteiger partial charge in [0.1, 0.15) is 11.5 Å². The highest BCUT2D eigenvalue weighted by Gasteiger charge is 2.19. The van der Waals surface area contributed by atoms with Gasteiger partial charge in [0.15, 0.2) is 0 Å². The summed E-state index contributed by atoms with van der Waals surface area (Å²) >= 11 is 0. The van der Waals surface area contributed by atoms with E-state index in [4.69, 9.17) is 5.73 Å². The Kier molecular flexibility index (Phi) is 5.44. The SMILES string of the molecule is Cc1ccc2nc(C(N)=O)cc(C(=O)Nc3c(C)nn(Cc4ccc(F)cc4)c3C)c2c1. The maximum Gasteiger partial charge on any atom is 0.267 e. The van der Waals surface area contributed by atoms with Crippen LogP contribution in [0.5, 0.6) is 0 Å². The van der Waals surface area contributed by atoms with Crippen molar-refractivity contribution in [2.24, 2.45) is 5.73 Å². The van der Waals surface area contributed by atoms with Gasteiger partial charge in [-0.15, -0.1) is 0 Å². The minimum Gasteiger partial charge on any atom is -0.364 e. The van der Waals surface area contributed by atoms with Gasteiger partial charge < -0.3 is 11.1 Å². The van der Waals surface area contributed by atoms with Gasteiger partial charge in [0, 0.05) is 5.39 Å². The van der Waals surface area contributed by atoms with Crippen molar-refractivity contribution in [3.63, 3.8) is 0 Å². The second-order valence-electron chi connectivity index (χ2n) is 7.72. The molecule has 0 unspecified atom stereocenters. The van der Waals surface area contributed by atoms with E-state index in [0.717, 1.165) is 16.8 Å². The normalized spacial score (nSPS) is 11.0. The molecule has 2 aromatic carbocycles. The van der Waals surface area contributed by atoms with Gasteiger partial charge in [-0.1, -0.05) is 23.8 Å². The lowest BCUT2D eigenvalue weighted by Gasteiger charge is -2.11. The quantitative estimate of drug-likeness (QED) is 0.500. The van der Waals surface area contributed by atoms with Crippen molar-refractivity contribution in [1.82, 2.24) is 14.8 Å². The van der Waals surface area contributed by atoms with Crippen molar-refractivity contribution in [1.29, 1.82) is 0 Å². The molecule has 8 heteroatoms. The molecule has 0 aliphatic carbocycles. The van der Waals surface area contributed by atoms with Crippen LogP contribution in [-0.4, -0.2) is 26.6 Å². The molecular weight excluding hydrogens is 409 g/mol. The second-order valence-corrected chi connectivity index (χ2v) is 7.72. The van der Waals surface area contributed by atoms with E-state index < -0.39 is 11.8 Å². The van der Waals surface area contributed by atoms with E-state index in [1.54, 1.807) is 29.8 Å². The first kappa shape index (κ1) is 21.2. The minimum absolute atomic E-state index is 0.0203. The predicted molar refractivity (Wildman–Crippen MR) is 120 cm³/mol. The Balaban J connectivity index is 1.69. The van der Waals surface area contributed by atoms with Crippen molar-refractivity contribution in [3.8, 4) is 0 Å². The Labute approximate surface area is 184 Å². The van der Waals surface area contributed by atoms with Crippen LogP contribution in [0.1, 0.15) is 43.4 Å². The standard InChI is InChI=1S/C24H22FN5O2/c1-13-4-9-20-18(10-13)19(11-21(27-20)23(26)31)24(32)28-22-14(2)29-30(15(22)3)12-16-5-7-17(25)8-6-16/h4-11H,12H2,1-3H3,(H2,26,31)(H,28,32). The van der Waals surface area contributed by atoms with Crippen molar-refractivity contribution in [2.45, 2.75) is 27.3 Å². The van der Waals surface area contributed by atoms with E-state index in [2.05, 4.69) is 15.4 Å². The molecule has 0 aliphatic heterocycles. The number of nitrogens with two attached hydrogens (primary N) is 1. The first-order chi connectivity index (χ1) is 15.2. The van der Waals surface area contributed by atoms with Gasteiger partial charge in [-0.2, -0.15) is 5.10 Å². The van der Waals surface area contributed by atoms with Crippen LogP contribution in [0, 0.1) is 26.6 Å². The number of amides is 2. The zero-order chi connectivity index (χ0) is 23.0. The third-order valence-electron chi connectivity index (χ3n) is 5.33. The van der Waals surface area contributed by atoms with E-state index in [0.29, 0.717) is 34.4 Å². The maximum atomic E-state index is 13.3. The number of fused-ring (bicyclic) bond motifs is 1. The molecule has 162 valence electrons. The average Bonchev–Trinajstić information content (AvgIpc) is 3.01. The molecule has 0 fully saturated rings. The van der Waals surface area contributed by atoms with Crippen LogP contribution >= 0.6 is 0 Å². The number of anilines is 1. The number of pyridine rings is 1. The zero-order valence-electron chi connectivity index (χ0n) is 17.9. The monoisotopic (exact) mass is 431 g/mol. The third-order valence-corrected chi connectivity index (χ3v) is 5.33. The highest BCUT2D eigenvalue weighted by Crippen LogP contribution is 2.25. The number of nitrogens with zero attached hydrogens (tertiary/aromatic N) is 3. The van der Waals surface area contributed by atoms with Crippen molar-refractivity contribution < 1.29 is 14.0 Å². The Bertz CT molecular complexity index is 1360. The van der Waals surface area contributed by atoms with E-state index in [9.17, 15) is 14.0 Å². The summed E-state index contributed by atoms with van der Waals surface area (Å²) in [7, 11) is 0. The van der Waals surface area contributed by atoms with E-state index in [1.165, 1.54) is 18.2 Å². The molecular formula is C24H22FN5O2. The number of nitrogens with one attached hydrogen (secondary N) is 1. The molecule has 0 aliphatic rings. The largest absolute Gasteiger partial charge is 0.364 e. The molecule has 0 saturated carbocycles. The molecule has 4 aromatic rings. The molecule has 32 heavy (non-hydrogen) atoms. The molecule has 3 N–H and O–H groups in total. The minimum atomic E-state index is -0.707. The summed E-state index contributed by atoms with van der Waals surface area (Å²) < 4.78 is 14.9. The summed E-state index contributed by atoms with van der Waals surface area (Å²) in [5.74, 6) is -1.40. The Morgan fingerprint density at radius 1 is 1.06 bits per heavy atom. The van der Waals surface area contributed by atoms with Crippen molar-refractivity contribution >= 4 is 28.4 Å². The van der Waals surface area contributed by atoms with Gasteiger partial charge in [-0.05, 0) is 56.7 Å². The van der Waals surface area contributed by atoms with Crippen LogP contribution in [0.2, 0.25) is 0 Å². The van der Waals surface area contributed by atoms with Crippen LogP contribution in [0.3, 0.4) is 0 Å². The molecule has 2 aromatic heterocycles. The molecule has 2 amide bonds. The summed E-state index contributed by atoms with van der Waals surface area (Å²) in [5.41, 5.74) is 10.1. The van der Waals surface area contributed by atoms with E-state index in [1.807, 2.05) is 26.0 Å². The summed E-state index contributed by atoms with van der Waals surface area (Å²) in [6, 6.07) is 13.1. The lowest BCUT2D eigenvalue weighted by Crippen LogP contribution is -2.18. The Hall–Kier alpha value is -4.07. The van der Waals surface area contributed by atoms with Crippen molar-refractivity contribution in [3.05, 3.63) is 88.1 Å². The summed E-state index contributed by atoms with van der Waals surface area (Å²) in [5, 5.41) is 8.07. The summed E-state index contributed by atoms with van der Waals surface area (Å²) in [6.07, 6.45) is 0. The number of benzene rings is 2. The predicted octanol–water partition coefficient (Wildman–Crippen LogP) is 3.90. The van der Waals surface area contributed by atoms with Gasteiger partial charge in [0.25, 0.3) is 11.8 Å². The number of aromatic nitrogens is 3. The third kappa shape index (κ3) is 4.07. The van der Waals surface area contributed by atoms with Crippen LogP contribution in [0.4, 0.5) is 10.1 Å². The maximum absolute atomic E-state index is 13.3. The number of carbonyl (C=O) groups is 2. The zero-order valence-corrected chi connectivity index (χ0v) is 17.9. The molecule has 7 nitrogen and oxygen atoms in total. The number of carbonyl (C=O) groups excluding carboxylic acids is 2. The Morgan fingerprint density at radius 2 is 1.78 bits per heavy atom. The topological polar surface area (TPSA) is 103 Å². The first-order valence-corrected chi connectivity index (χ1v) is 10.0. The molecule has 0 saturated heterocycles. The highest BCUT2D eigenvalue weighted by atomic mass is 19.1. The highest BCUT2D eigenvalue weighted by molar-refractivity contribution is 6.14. The molecule has 0 radical (unpaired) electrons. The van der Waals surface area contributed by atoms with E-state index in [-0.39, 0.29) is 11.5 Å². The summed E-state index contributed by atoms with van der Waals surface area (Å²) in [4.78, 5) is 29.3. The lowest BCUT2D eigenvalue weighted by atomic mass is 10.0. The average molecular weight is 431 g/mol. The van der Waals surface area contributed by atoms with Gasteiger partial charge in [0.05, 0.1) is 34.7 Å². The number of primary amides is 1. The number of aryl methyl sites for hydroxylation is 2. The molecule has 0 spiro atoms. The smallest absolute Gasteiger partial charge is 0.267 e. The molecule has 2 heterocycles. The lowest BCUT2D eigenvalue weighted by molar-refractivity contribution is 0.0996. The number of halogens is 1. The van der Waals surface area contributed by atoms with Crippen LogP contribution in [0.25, 0.3) is 10.9 Å². The van der Waals surface area contributed by atoms with Crippen molar-refractivity contribution in [2.75, 3.05) is 5.32 Å². The number of hydrogen-bond acceptors (Lipinski definition) is 4. The fraction of sp³-hybridized carbons (Fsp3) is 0.167. The van der Waals surface area contributed by atoms with Gasteiger partial charge in [-0.25, -0.2) is 9.37 Å². The summed E-state index contributed by atoms with van der Waals surface area (Å²) in [6.45, 7) is 6.00. The molecule has 0 atom stereocenters. The number of hydrogen-bond donors (Lipinski definition) is 2. The molecule has 4 rings (SSSR count). The number of rotatable bonds is 5. The second kappa shape index (κ2) is 8.22. The van der Waals surface area contributed by atoms with Crippen LogP contribution < -0.4 is 11.1 Å². The Morgan fingerprint density at radius 3 is 2.47 bits per heavy atom. The van der Waals surface area contributed by atoms with Crippen LogP contribution in [-0.2, 0) is 6.54 Å². The van der Waals surface area contributed by atoms with E-state index >= 15 is 0 Å². The fourth-order valence-electron chi connectivity index (χ4n) is 3.63. The van der Waals surface area contributed by atoms with Gasteiger partial charge in [0.2, 0.25) is 0 Å². The fourth-order valence-corrected chi connectivity index (χ4v) is 3.63. The molecule has 0 bridgehead atoms. The first-order valence-electron chi connectivity index (χ1n) is 10.0. The van der Waals surface area contributed by atoms with Gasteiger partial charge in [-0.3, -0.25) is 14.3 Å².